The van der Waals surface area contributed by atoms with Gasteiger partial charge in [-0.1, -0.05) is 6.07 Å². The van der Waals surface area contributed by atoms with Crippen LogP contribution in [-0.2, 0) is 0 Å². The van der Waals surface area contributed by atoms with E-state index in [9.17, 15) is 0 Å². The Balaban J connectivity index is 2.90. The van der Waals surface area contributed by atoms with E-state index in [4.69, 9.17) is 0 Å². The lowest BCUT2D eigenvalue weighted by atomic mass is 10.2. The molecule has 0 saturated heterocycles. The summed E-state index contributed by atoms with van der Waals surface area (Å²) < 4.78 is 1.31. The van der Waals surface area contributed by atoms with Gasteiger partial charge < -0.3 is 4.98 Å². The highest BCUT2D eigenvalue weighted by atomic mass is 127. The van der Waals surface area contributed by atoms with Crippen molar-refractivity contribution in [2.45, 2.75) is 6.92 Å². The topological polar surface area (TPSA) is 15.8 Å². The summed E-state index contributed by atoms with van der Waals surface area (Å²) in [6.07, 6.45) is 0. The van der Waals surface area contributed by atoms with Crippen molar-refractivity contribution in [2.24, 2.45) is 0 Å². The predicted octanol–water partition coefficient (Wildman–Crippen LogP) is 3.08. The highest BCUT2D eigenvalue weighted by Gasteiger charge is 1.98. The third kappa shape index (κ3) is 1.15. The number of nitrogens with one attached hydrogen (secondary N) is 1. The number of halogens is 1. The first-order valence-corrected chi connectivity index (χ1v) is 4.59. The monoisotopic (exact) mass is 257 g/mol. The van der Waals surface area contributed by atoms with Crippen molar-refractivity contribution in [1.29, 1.82) is 0 Å². The molecule has 0 fully saturated rings. The number of fused-ring (bicyclic) bond motifs is 1. The van der Waals surface area contributed by atoms with Gasteiger partial charge in [-0.3, -0.25) is 0 Å². The Morgan fingerprint density at radius 1 is 1.36 bits per heavy atom. The summed E-state index contributed by atoms with van der Waals surface area (Å²) in [6, 6.07) is 8.47. The van der Waals surface area contributed by atoms with Crippen LogP contribution in [0.3, 0.4) is 0 Å². The minimum Gasteiger partial charge on any atom is -0.359 e. The summed E-state index contributed by atoms with van der Waals surface area (Å²) >= 11 is 2.35. The van der Waals surface area contributed by atoms with E-state index in [0.29, 0.717) is 0 Å². The molecule has 1 nitrogen and oxygen atoms in total. The average molecular weight is 257 g/mol. The zero-order valence-corrected chi connectivity index (χ0v) is 8.34. The van der Waals surface area contributed by atoms with Crippen molar-refractivity contribution in [3.8, 4) is 0 Å². The molecule has 0 aliphatic carbocycles. The maximum Gasteiger partial charge on any atom is 0.0466 e. The number of hydrogen-bond acceptors (Lipinski definition) is 0. The third-order valence-corrected chi connectivity index (χ3v) is 2.69. The average Bonchev–Trinajstić information content (AvgIpc) is 2.31. The smallest absolute Gasteiger partial charge is 0.0466 e. The lowest BCUT2D eigenvalue weighted by Crippen LogP contribution is -1.70. The normalized spacial score (nSPS) is 10.7. The molecule has 0 aliphatic heterocycles. The van der Waals surface area contributed by atoms with Crippen LogP contribution >= 0.6 is 22.6 Å². The van der Waals surface area contributed by atoms with Crippen LogP contribution in [0.4, 0.5) is 0 Å². The zero-order chi connectivity index (χ0) is 7.84. The van der Waals surface area contributed by atoms with Crippen LogP contribution < -0.4 is 0 Å². The van der Waals surface area contributed by atoms with E-state index in [1.54, 1.807) is 0 Å². The Kier molecular flexibility index (Phi) is 1.64. The number of rotatable bonds is 0. The summed E-state index contributed by atoms with van der Waals surface area (Å²) in [4.78, 5) is 3.29. The SMILES string of the molecule is Cc1cc2c(I)cccc2[nH]1. The fraction of sp³-hybridized carbons (Fsp3) is 0.111. The number of aryl methyl sites for hydroxylation is 1. The summed E-state index contributed by atoms with van der Waals surface area (Å²) in [5.74, 6) is 0. The first-order chi connectivity index (χ1) is 5.27. The molecule has 1 aromatic heterocycles. The minimum absolute atomic E-state index is 1.23. The lowest BCUT2D eigenvalue weighted by Gasteiger charge is -1.90. The van der Waals surface area contributed by atoms with Crippen molar-refractivity contribution >= 4 is 33.5 Å². The van der Waals surface area contributed by atoms with Gasteiger partial charge in [-0.05, 0) is 47.7 Å². The molecule has 0 amide bonds. The van der Waals surface area contributed by atoms with Gasteiger partial charge in [-0.15, -0.1) is 0 Å². The van der Waals surface area contributed by atoms with Crippen molar-refractivity contribution in [2.75, 3.05) is 0 Å². The molecule has 2 rings (SSSR count). The zero-order valence-electron chi connectivity index (χ0n) is 6.19. The molecular weight excluding hydrogens is 249 g/mol. The highest BCUT2D eigenvalue weighted by molar-refractivity contribution is 14.1. The number of benzene rings is 1. The standard InChI is InChI=1S/C9H8IN/c1-6-5-7-8(10)3-2-4-9(7)11-6/h2-5,11H,1H3. The number of hydrogen-bond donors (Lipinski definition) is 1. The maximum absolute atomic E-state index is 3.29. The first-order valence-electron chi connectivity index (χ1n) is 3.51. The van der Waals surface area contributed by atoms with E-state index in [1.807, 2.05) is 0 Å². The molecule has 0 saturated carbocycles. The van der Waals surface area contributed by atoms with Gasteiger partial charge in [0.05, 0.1) is 0 Å². The quantitative estimate of drug-likeness (QED) is 0.698. The van der Waals surface area contributed by atoms with Crippen molar-refractivity contribution in [3.63, 3.8) is 0 Å². The van der Waals surface area contributed by atoms with E-state index in [1.165, 1.54) is 20.2 Å². The van der Waals surface area contributed by atoms with E-state index < -0.39 is 0 Å². The molecule has 0 spiro atoms. The summed E-state index contributed by atoms with van der Waals surface area (Å²) in [5.41, 5.74) is 2.46. The third-order valence-electron chi connectivity index (χ3n) is 1.75. The van der Waals surface area contributed by atoms with Crippen LogP contribution in [-0.4, -0.2) is 4.98 Å². The van der Waals surface area contributed by atoms with Crippen molar-refractivity contribution in [3.05, 3.63) is 33.5 Å². The van der Waals surface area contributed by atoms with Crippen molar-refractivity contribution < 1.29 is 0 Å². The second-order valence-corrected chi connectivity index (χ2v) is 3.82. The molecule has 11 heavy (non-hydrogen) atoms. The molecule has 0 unspecified atom stereocenters. The second-order valence-electron chi connectivity index (χ2n) is 2.65. The van der Waals surface area contributed by atoms with Gasteiger partial charge in [0, 0.05) is 20.2 Å². The molecule has 0 atom stereocenters. The molecule has 2 heteroatoms. The van der Waals surface area contributed by atoms with Gasteiger partial charge in [0.25, 0.3) is 0 Å². The maximum atomic E-state index is 3.29. The van der Waals surface area contributed by atoms with Gasteiger partial charge in [0.15, 0.2) is 0 Å². The summed E-state index contributed by atoms with van der Waals surface area (Å²) in [7, 11) is 0. The van der Waals surface area contributed by atoms with Gasteiger partial charge in [0.1, 0.15) is 0 Å². The van der Waals surface area contributed by atoms with Gasteiger partial charge in [0.2, 0.25) is 0 Å². The summed E-state index contributed by atoms with van der Waals surface area (Å²) in [6.45, 7) is 2.08. The Bertz CT molecular complexity index is 389. The van der Waals surface area contributed by atoms with Crippen LogP contribution in [0.5, 0.6) is 0 Å². The molecular formula is C9H8IN. The molecule has 1 N–H and O–H groups in total. The molecule has 0 radical (unpaired) electrons. The number of aromatic nitrogens is 1. The van der Waals surface area contributed by atoms with Crippen LogP contribution in [0.2, 0.25) is 0 Å². The molecule has 2 aromatic rings. The van der Waals surface area contributed by atoms with E-state index in [2.05, 4.69) is 58.8 Å². The molecule has 1 heterocycles. The van der Waals surface area contributed by atoms with Crippen LogP contribution in [0.1, 0.15) is 5.69 Å². The molecule has 56 valence electrons. The Morgan fingerprint density at radius 2 is 2.18 bits per heavy atom. The Labute approximate surface area is 78.9 Å². The van der Waals surface area contributed by atoms with Crippen LogP contribution in [0, 0.1) is 10.5 Å². The highest BCUT2D eigenvalue weighted by Crippen LogP contribution is 2.20. The number of H-pyrrole nitrogens is 1. The molecule has 0 aliphatic rings. The minimum atomic E-state index is 1.23. The Morgan fingerprint density at radius 3 is 2.91 bits per heavy atom. The Hall–Kier alpha value is -0.510. The second kappa shape index (κ2) is 2.52. The lowest BCUT2D eigenvalue weighted by molar-refractivity contribution is 1.30. The van der Waals surface area contributed by atoms with Gasteiger partial charge in [-0.2, -0.15) is 0 Å². The van der Waals surface area contributed by atoms with Crippen molar-refractivity contribution in [1.82, 2.24) is 4.98 Å². The fourth-order valence-electron chi connectivity index (χ4n) is 1.26. The molecule has 1 aromatic carbocycles. The largest absolute Gasteiger partial charge is 0.359 e. The van der Waals surface area contributed by atoms with Gasteiger partial charge in [-0.25, -0.2) is 0 Å². The molecule has 0 bridgehead atoms. The predicted molar refractivity (Wildman–Crippen MR) is 55.8 cm³/mol. The van der Waals surface area contributed by atoms with E-state index >= 15 is 0 Å². The van der Waals surface area contributed by atoms with Crippen LogP contribution in [0.25, 0.3) is 10.9 Å². The fourth-order valence-corrected chi connectivity index (χ4v) is 1.91. The van der Waals surface area contributed by atoms with E-state index in [-0.39, 0.29) is 0 Å². The van der Waals surface area contributed by atoms with E-state index in [0.717, 1.165) is 0 Å². The number of aromatic amines is 1. The first kappa shape index (κ1) is 7.16. The summed E-state index contributed by atoms with van der Waals surface area (Å²) in [5, 5.41) is 1.32. The van der Waals surface area contributed by atoms with Crippen LogP contribution in [0.15, 0.2) is 24.3 Å². The van der Waals surface area contributed by atoms with Gasteiger partial charge >= 0.3 is 0 Å².